The van der Waals surface area contributed by atoms with E-state index in [1.165, 1.54) is 0 Å². The Balaban J connectivity index is 2.89. The summed E-state index contributed by atoms with van der Waals surface area (Å²) in [5.74, 6) is 0. The van der Waals surface area contributed by atoms with Crippen molar-refractivity contribution in [2.75, 3.05) is 0 Å². The van der Waals surface area contributed by atoms with E-state index < -0.39 is 10.8 Å². The Labute approximate surface area is 45.2 Å². The lowest BCUT2D eigenvalue weighted by Gasteiger charge is -1.81. The molecule has 0 fully saturated rings. The van der Waals surface area contributed by atoms with Crippen LogP contribution in [0, 0.1) is 0 Å². The lowest BCUT2D eigenvalue weighted by molar-refractivity contribution is 0.692. The second kappa shape index (κ2) is 1.62. The second-order valence-electron chi connectivity index (χ2n) is 1.40. The predicted molar refractivity (Wildman–Crippen MR) is 31.0 cm³/mol. The zero-order valence-corrected chi connectivity index (χ0v) is 4.87. The van der Waals surface area contributed by atoms with E-state index in [9.17, 15) is 4.21 Å². The van der Waals surface area contributed by atoms with Crippen LogP contribution in [0.5, 0.6) is 0 Å². The summed E-state index contributed by atoms with van der Waals surface area (Å²) >= 11 is 0. The third-order valence-electron chi connectivity index (χ3n) is 0.850. The molecule has 0 aromatic carbocycles. The van der Waals surface area contributed by atoms with Gasteiger partial charge in [0.15, 0.2) is 0 Å². The highest BCUT2D eigenvalue weighted by Gasteiger charge is 1.98. The van der Waals surface area contributed by atoms with E-state index in [1.54, 1.807) is 5.41 Å². The van der Waals surface area contributed by atoms with Crippen LogP contribution < -0.4 is 0 Å². The minimum absolute atomic E-state index is 0.787. The fourth-order valence-corrected chi connectivity index (χ4v) is 1.07. The first-order valence-corrected chi connectivity index (χ1v) is 3.27. The minimum atomic E-state index is -0.787. The molecule has 2 heteroatoms. The van der Waals surface area contributed by atoms with Crippen LogP contribution in [0.15, 0.2) is 22.5 Å². The van der Waals surface area contributed by atoms with Crippen molar-refractivity contribution < 1.29 is 4.21 Å². The molecule has 0 saturated carbocycles. The Morgan fingerprint density at radius 1 is 1.71 bits per heavy atom. The van der Waals surface area contributed by atoms with Gasteiger partial charge in [-0.25, -0.2) is 0 Å². The van der Waals surface area contributed by atoms with Crippen molar-refractivity contribution in [2.24, 2.45) is 0 Å². The highest BCUT2D eigenvalue weighted by Crippen LogP contribution is 2.08. The Morgan fingerprint density at radius 2 is 2.43 bits per heavy atom. The quantitative estimate of drug-likeness (QED) is 0.462. The molecule has 1 aliphatic heterocycles. The number of allylic oxidation sites excluding steroid dienone is 3. The van der Waals surface area contributed by atoms with Crippen LogP contribution in [0.3, 0.4) is 0 Å². The predicted octanol–water partition coefficient (Wildman–Crippen LogP) is 1.17. The smallest absolute Gasteiger partial charge is 0.0731 e. The van der Waals surface area contributed by atoms with Crippen molar-refractivity contribution in [1.82, 2.24) is 0 Å². The third-order valence-corrected chi connectivity index (χ3v) is 2.03. The van der Waals surface area contributed by atoms with Gasteiger partial charge in [0.05, 0.1) is 10.8 Å². The number of hydrogen-bond donors (Lipinski definition) is 0. The molecule has 0 amide bonds. The van der Waals surface area contributed by atoms with E-state index >= 15 is 0 Å². The summed E-state index contributed by atoms with van der Waals surface area (Å²) in [7, 11) is -0.787. The molecule has 1 atom stereocenters. The highest BCUT2D eigenvalue weighted by atomic mass is 32.2. The summed E-state index contributed by atoms with van der Waals surface area (Å²) in [6.45, 7) is 1.86. The molecule has 1 aliphatic rings. The van der Waals surface area contributed by atoms with Crippen LogP contribution in [0.4, 0.5) is 0 Å². The maximum absolute atomic E-state index is 10.5. The van der Waals surface area contributed by atoms with Gasteiger partial charge in [0.25, 0.3) is 0 Å². The Kier molecular flexibility index (Phi) is 1.11. The molecule has 1 nitrogen and oxygen atoms in total. The average Bonchev–Trinajstić information content (AvgIpc) is 1.91. The van der Waals surface area contributed by atoms with Gasteiger partial charge in [-0.05, 0) is 13.0 Å². The monoisotopic (exact) mass is 114 g/mol. The standard InChI is InChI=1S/C5H6OS/c1-5-3-2-4-7(5)6/h2-4H,1H3. The van der Waals surface area contributed by atoms with Gasteiger partial charge in [0, 0.05) is 10.3 Å². The van der Waals surface area contributed by atoms with E-state index in [0.717, 1.165) is 4.91 Å². The second-order valence-corrected chi connectivity index (χ2v) is 2.91. The largest absolute Gasteiger partial charge is 0.250 e. The zero-order chi connectivity index (χ0) is 5.28. The lowest BCUT2D eigenvalue weighted by Crippen LogP contribution is -1.76. The lowest BCUT2D eigenvalue weighted by atomic mass is 10.5. The van der Waals surface area contributed by atoms with Crippen LogP contribution >= 0.6 is 0 Å². The zero-order valence-electron chi connectivity index (χ0n) is 4.05. The van der Waals surface area contributed by atoms with Crippen LogP contribution in [0.2, 0.25) is 0 Å². The Morgan fingerprint density at radius 3 is 2.57 bits per heavy atom. The molecule has 0 spiro atoms. The number of rotatable bonds is 0. The van der Waals surface area contributed by atoms with Gasteiger partial charge in [0.2, 0.25) is 0 Å². The van der Waals surface area contributed by atoms with E-state index in [-0.39, 0.29) is 0 Å². The van der Waals surface area contributed by atoms with Crippen LogP contribution in [0.1, 0.15) is 6.92 Å². The van der Waals surface area contributed by atoms with E-state index in [2.05, 4.69) is 0 Å². The molecule has 1 rings (SSSR count). The molecule has 7 heavy (non-hydrogen) atoms. The molecule has 38 valence electrons. The van der Waals surface area contributed by atoms with Crippen molar-refractivity contribution in [1.29, 1.82) is 0 Å². The van der Waals surface area contributed by atoms with Gasteiger partial charge in [-0.2, -0.15) is 0 Å². The minimum Gasteiger partial charge on any atom is -0.250 e. The van der Waals surface area contributed by atoms with Gasteiger partial charge in [-0.15, -0.1) is 0 Å². The molecule has 0 aromatic rings. The van der Waals surface area contributed by atoms with Crippen LogP contribution in [-0.2, 0) is 10.8 Å². The summed E-state index contributed by atoms with van der Waals surface area (Å²) in [6.07, 6.45) is 3.67. The van der Waals surface area contributed by atoms with E-state index in [4.69, 9.17) is 0 Å². The first-order valence-electron chi connectivity index (χ1n) is 2.06. The topological polar surface area (TPSA) is 17.1 Å². The van der Waals surface area contributed by atoms with Gasteiger partial charge < -0.3 is 0 Å². The maximum atomic E-state index is 10.5. The van der Waals surface area contributed by atoms with E-state index in [0.29, 0.717) is 0 Å². The highest BCUT2D eigenvalue weighted by molar-refractivity contribution is 7.92. The van der Waals surface area contributed by atoms with Crippen molar-refractivity contribution in [3.05, 3.63) is 22.5 Å². The number of hydrogen-bond acceptors (Lipinski definition) is 1. The van der Waals surface area contributed by atoms with Crippen LogP contribution in [-0.4, -0.2) is 4.21 Å². The molecule has 1 unspecified atom stereocenters. The van der Waals surface area contributed by atoms with Gasteiger partial charge in [0.1, 0.15) is 0 Å². The van der Waals surface area contributed by atoms with Crippen molar-refractivity contribution in [3.8, 4) is 0 Å². The van der Waals surface area contributed by atoms with Crippen LogP contribution in [0.25, 0.3) is 0 Å². The van der Waals surface area contributed by atoms with Crippen molar-refractivity contribution in [2.45, 2.75) is 6.92 Å². The molecule has 0 radical (unpaired) electrons. The SMILES string of the molecule is CC1=CC=CS1=O. The normalized spacial score (nSPS) is 28.1. The van der Waals surface area contributed by atoms with E-state index in [1.807, 2.05) is 19.1 Å². The fourth-order valence-electron chi connectivity index (χ4n) is 0.421. The molecule has 0 bridgehead atoms. The first kappa shape index (κ1) is 4.78. The summed E-state index contributed by atoms with van der Waals surface area (Å²) < 4.78 is 10.5. The molecule has 1 heterocycles. The summed E-state index contributed by atoms with van der Waals surface area (Å²) in [5.41, 5.74) is 0. The fraction of sp³-hybridized carbons (Fsp3) is 0.200. The van der Waals surface area contributed by atoms with Crippen molar-refractivity contribution >= 4 is 10.8 Å². The average molecular weight is 114 g/mol. The Bertz CT molecular complexity index is 155. The first-order chi connectivity index (χ1) is 3.30. The molecule has 0 aromatic heterocycles. The Hall–Kier alpha value is -0.370. The molecule has 0 aliphatic carbocycles. The molecular weight excluding hydrogens is 108 g/mol. The van der Waals surface area contributed by atoms with Gasteiger partial charge in [-0.3, -0.25) is 4.21 Å². The summed E-state index contributed by atoms with van der Waals surface area (Å²) in [5, 5.41) is 1.68. The molecule has 0 saturated heterocycles. The summed E-state index contributed by atoms with van der Waals surface area (Å²) in [6, 6.07) is 0. The maximum Gasteiger partial charge on any atom is 0.0731 e. The van der Waals surface area contributed by atoms with Gasteiger partial charge in [-0.1, -0.05) is 6.08 Å². The summed E-state index contributed by atoms with van der Waals surface area (Å²) in [4.78, 5) is 0.944. The van der Waals surface area contributed by atoms with Crippen molar-refractivity contribution in [3.63, 3.8) is 0 Å². The molecule has 0 N–H and O–H groups in total. The molecular formula is C5H6OS. The van der Waals surface area contributed by atoms with Gasteiger partial charge >= 0.3 is 0 Å². The third kappa shape index (κ3) is 0.800.